The summed E-state index contributed by atoms with van der Waals surface area (Å²) in [4.78, 5) is 11.2. The van der Waals surface area contributed by atoms with Gasteiger partial charge in [-0.25, -0.2) is 8.42 Å². The van der Waals surface area contributed by atoms with Crippen LogP contribution in [0, 0.1) is 17.2 Å². The second kappa shape index (κ2) is 5.61. The molecule has 1 heterocycles. The molecule has 20 heavy (non-hydrogen) atoms. The number of hydrogen-bond acceptors (Lipinski definition) is 4. The molecular formula is C13H15N3O3S. The molecule has 7 heteroatoms. The van der Waals surface area contributed by atoms with E-state index in [0.717, 1.165) is 0 Å². The van der Waals surface area contributed by atoms with Gasteiger partial charge in [0.2, 0.25) is 15.9 Å². The van der Waals surface area contributed by atoms with Crippen molar-refractivity contribution in [1.29, 1.82) is 5.26 Å². The highest BCUT2D eigenvalue weighted by Gasteiger charge is 2.33. The van der Waals surface area contributed by atoms with E-state index in [-0.39, 0.29) is 17.0 Å². The van der Waals surface area contributed by atoms with Crippen LogP contribution in [0.1, 0.15) is 18.4 Å². The average Bonchev–Trinajstić information content (AvgIpc) is 2.47. The summed E-state index contributed by atoms with van der Waals surface area (Å²) in [6.45, 7) is 0.420. The molecule has 0 unspecified atom stereocenters. The lowest BCUT2D eigenvalue weighted by molar-refractivity contribution is -0.122. The molecule has 0 bridgehead atoms. The molecule has 1 aromatic rings. The largest absolute Gasteiger partial charge is 0.369 e. The normalized spacial score (nSPS) is 20.2. The molecule has 0 saturated carbocycles. The Bertz CT molecular complexity index is 664. The lowest BCUT2D eigenvalue weighted by Crippen LogP contribution is -2.44. The van der Waals surface area contributed by atoms with Gasteiger partial charge in [-0.1, -0.05) is 12.1 Å². The highest BCUT2D eigenvalue weighted by Crippen LogP contribution is 2.25. The zero-order valence-electron chi connectivity index (χ0n) is 10.8. The zero-order chi connectivity index (χ0) is 14.8. The number of piperidine rings is 1. The molecule has 106 valence electrons. The fraction of sp³-hybridized carbons (Fsp3) is 0.385. The van der Waals surface area contributed by atoms with Crippen molar-refractivity contribution in [2.75, 3.05) is 13.1 Å². The van der Waals surface area contributed by atoms with Crippen molar-refractivity contribution in [2.24, 2.45) is 11.7 Å². The minimum atomic E-state index is -3.77. The molecule has 1 aliphatic heterocycles. The van der Waals surface area contributed by atoms with Crippen LogP contribution in [0.3, 0.4) is 0 Å². The van der Waals surface area contributed by atoms with Crippen LogP contribution in [0.5, 0.6) is 0 Å². The van der Waals surface area contributed by atoms with E-state index in [9.17, 15) is 13.2 Å². The first-order valence-electron chi connectivity index (χ1n) is 6.25. The van der Waals surface area contributed by atoms with Gasteiger partial charge in [0.15, 0.2) is 0 Å². The summed E-state index contributed by atoms with van der Waals surface area (Å²) in [5.41, 5.74) is 5.36. The predicted octanol–water partition coefficient (Wildman–Crippen LogP) is 0.444. The Labute approximate surface area is 117 Å². The predicted molar refractivity (Wildman–Crippen MR) is 71.8 cm³/mol. The van der Waals surface area contributed by atoms with Gasteiger partial charge < -0.3 is 5.73 Å². The molecule has 0 aromatic heterocycles. The van der Waals surface area contributed by atoms with Crippen molar-refractivity contribution in [3.63, 3.8) is 0 Å². The van der Waals surface area contributed by atoms with E-state index in [1.165, 1.54) is 16.4 Å². The van der Waals surface area contributed by atoms with E-state index in [1.807, 2.05) is 6.07 Å². The van der Waals surface area contributed by atoms with Gasteiger partial charge in [-0.2, -0.15) is 9.57 Å². The molecule has 1 saturated heterocycles. The van der Waals surface area contributed by atoms with Crippen molar-refractivity contribution < 1.29 is 13.2 Å². The lowest BCUT2D eigenvalue weighted by atomic mass is 9.99. The highest BCUT2D eigenvalue weighted by atomic mass is 32.2. The fourth-order valence-corrected chi connectivity index (χ4v) is 3.98. The molecule has 1 amide bonds. The van der Waals surface area contributed by atoms with Crippen molar-refractivity contribution in [2.45, 2.75) is 17.7 Å². The highest BCUT2D eigenvalue weighted by molar-refractivity contribution is 7.89. The number of rotatable bonds is 3. The Morgan fingerprint density at radius 1 is 1.40 bits per heavy atom. The van der Waals surface area contributed by atoms with Crippen LogP contribution in [0.15, 0.2) is 29.2 Å². The van der Waals surface area contributed by atoms with E-state index in [1.54, 1.807) is 12.1 Å². The number of sulfonamides is 1. The second-order valence-electron chi connectivity index (χ2n) is 4.71. The number of nitrogens with two attached hydrogens (primary N) is 1. The summed E-state index contributed by atoms with van der Waals surface area (Å²) in [7, 11) is -3.77. The summed E-state index contributed by atoms with van der Waals surface area (Å²) in [5.74, 6) is -0.953. The molecule has 1 aromatic carbocycles. The maximum absolute atomic E-state index is 12.6. The van der Waals surface area contributed by atoms with Gasteiger partial charge >= 0.3 is 0 Å². The minimum absolute atomic E-state index is 0.0207. The van der Waals surface area contributed by atoms with E-state index in [2.05, 4.69) is 0 Å². The number of carbonyl (C=O) groups is 1. The number of amides is 1. The number of nitrogens with zero attached hydrogens (tertiary/aromatic N) is 2. The van der Waals surface area contributed by atoms with Crippen LogP contribution in [-0.4, -0.2) is 31.7 Å². The van der Waals surface area contributed by atoms with Crippen LogP contribution in [0.25, 0.3) is 0 Å². The van der Waals surface area contributed by atoms with E-state index >= 15 is 0 Å². The Morgan fingerprint density at radius 2 is 2.10 bits per heavy atom. The van der Waals surface area contributed by atoms with E-state index in [4.69, 9.17) is 11.0 Å². The third-order valence-corrected chi connectivity index (χ3v) is 5.34. The van der Waals surface area contributed by atoms with Crippen LogP contribution < -0.4 is 5.73 Å². The molecule has 1 atom stereocenters. The van der Waals surface area contributed by atoms with Crippen LogP contribution in [-0.2, 0) is 14.8 Å². The topological polar surface area (TPSA) is 104 Å². The smallest absolute Gasteiger partial charge is 0.244 e. The third-order valence-electron chi connectivity index (χ3n) is 3.41. The molecule has 2 rings (SSSR count). The maximum atomic E-state index is 12.6. The molecule has 0 radical (unpaired) electrons. The van der Waals surface area contributed by atoms with Crippen molar-refractivity contribution in [3.05, 3.63) is 29.8 Å². The maximum Gasteiger partial charge on any atom is 0.244 e. The Morgan fingerprint density at radius 3 is 2.75 bits per heavy atom. The number of nitriles is 1. The van der Waals surface area contributed by atoms with Gasteiger partial charge in [0, 0.05) is 13.1 Å². The van der Waals surface area contributed by atoms with Crippen molar-refractivity contribution in [1.82, 2.24) is 4.31 Å². The van der Waals surface area contributed by atoms with Gasteiger partial charge in [0.25, 0.3) is 0 Å². The van der Waals surface area contributed by atoms with Crippen LogP contribution in [0.2, 0.25) is 0 Å². The Balaban J connectivity index is 2.35. The quantitative estimate of drug-likeness (QED) is 0.873. The van der Waals surface area contributed by atoms with Gasteiger partial charge in [0.1, 0.15) is 6.07 Å². The first-order valence-corrected chi connectivity index (χ1v) is 7.69. The minimum Gasteiger partial charge on any atom is -0.369 e. The summed E-state index contributed by atoms with van der Waals surface area (Å²) in [6.07, 6.45) is 1.18. The first-order chi connectivity index (χ1) is 9.46. The van der Waals surface area contributed by atoms with Gasteiger partial charge in [-0.3, -0.25) is 4.79 Å². The molecular weight excluding hydrogens is 278 g/mol. The van der Waals surface area contributed by atoms with Crippen LogP contribution >= 0.6 is 0 Å². The Hall–Kier alpha value is -1.91. The third kappa shape index (κ3) is 2.66. The molecule has 1 fully saturated rings. The van der Waals surface area contributed by atoms with Crippen molar-refractivity contribution in [3.8, 4) is 6.07 Å². The Kier molecular flexibility index (Phi) is 4.06. The molecule has 0 aliphatic carbocycles. The molecule has 6 nitrogen and oxygen atoms in total. The summed E-state index contributed by atoms with van der Waals surface area (Å²) < 4.78 is 26.4. The average molecular weight is 293 g/mol. The molecule has 1 aliphatic rings. The number of carbonyl (C=O) groups excluding carboxylic acids is 1. The van der Waals surface area contributed by atoms with Crippen molar-refractivity contribution >= 4 is 15.9 Å². The molecule has 0 spiro atoms. The van der Waals surface area contributed by atoms with Gasteiger partial charge in [-0.15, -0.1) is 0 Å². The summed E-state index contributed by atoms with van der Waals surface area (Å²) >= 11 is 0. The lowest BCUT2D eigenvalue weighted by Gasteiger charge is -2.30. The SMILES string of the molecule is N#Cc1ccccc1S(=O)(=O)N1CCC[C@@H](C(N)=O)C1. The van der Waals surface area contributed by atoms with E-state index in [0.29, 0.717) is 19.4 Å². The number of primary amides is 1. The van der Waals surface area contributed by atoms with Gasteiger partial charge in [0.05, 0.1) is 16.4 Å². The van der Waals surface area contributed by atoms with Gasteiger partial charge in [-0.05, 0) is 25.0 Å². The summed E-state index contributed by atoms with van der Waals surface area (Å²) in [5, 5.41) is 9.01. The number of hydrogen-bond donors (Lipinski definition) is 1. The van der Waals surface area contributed by atoms with E-state index < -0.39 is 21.8 Å². The first kappa shape index (κ1) is 14.5. The monoisotopic (exact) mass is 293 g/mol. The summed E-state index contributed by atoms with van der Waals surface area (Å²) in [6, 6.07) is 7.93. The zero-order valence-corrected chi connectivity index (χ0v) is 11.6. The second-order valence-corrected chi connectivity index (χ2v) is 6.62. The van der Waals surface area contributed by atoms with Crippen LogP contribution in [0.4, 0.5) is 0 Å². The number of benzene rings is 1. The molecule has 2 N–H and O–H groups in total. The standard InChI is InChI=1S/C13H15N3O3S/c14-8-10-4-1-2-6-12(10)20(18,19)16-7-3-5-11(9-16)13(15)17/h1-2,4,6,11H,3,5,7,9H2,(H2,15,17)/t11-/m1/s1. The fourth-order valence-electron chi connectivity index (χ4n) is 2.32.